The molecule has 9 nitrogen and oxygen atoms in total. The van der Waals surface area contributed by atoms with Crippen molar-refractivity contribution in [2.24, 2.45) is 0 Å². The highest BCUT2D eigenvalue weighted by Crippen LogP contribution is 2.29. The second-order valence-electron chi connectivity index (χ2n) is 4.10. The Hall–Kier alpha value is -2.00. The average Bonchev–Trinajstić information content (AvgIpc) is 2.39. The van der Waals surface area contributed by atoms with Gasteiger partial charge in [-0.25, -0.2) is 9.97 Å². The van der Waals surface area contributed by atoms with E-state index in [-0.39, 0.29) is 23.4 Å². The molecule has 9 heteroatoms. The number of ether oxygens (including phenoxy) is 2. The highest BCUT2D eigenvalue weighted by Gasteiger charge is 2.23. The Morgan fingerprint density at radius 1 is 1.35 bits per heavy atom. The minimum atomic E-state index is -0.517. The number of methoxy groups -OCH3 is 2. The van der Waals surface area contributed by atoms with Crippen molar-refractivity contribution < 1.29 is 14.4 Å². The normalized spacial score (nSPS) is 11.9. The molecule has 0 aliphatic rings. The van der Waals surface area contributed by atoms with Crippen molar-refractivity contribution >= 4 is 17.3 Å². The molecule has 0 aromatic carbocycles. The summed E-state index contributed by atoms with van der Waals surface area (Å²) in [5, 5.41) is 17.0. The van der Waals surface area contributed by atoms with Crippen LogP contribution in [-0.2, 0) is 9.47 Å². The zero-order chi connectivity index (χ0) is 15.0. The van der Waals surface area contributed by atoms with E-state index in [4.69, 9.17) is 9.47 Å². The van der Waals surface area contributed by atoms with E-state index in [1.807, 2.05) is 6.92 Å². The van der Waals surface area contributed by atoms with E-state index < -0.39 is 4.92 Å². The minimum Gasteiger partial charge on any atom is -0.383 e. The van der Waals surface area contributed by atoms with Crippen LogP contribution in [0.2, 0.25) is 0 Å². The summed E-state index contributed by atoms with van der Waals surface area (Å²) in [5.41, 5.74) is -0.188. The number of hydrogen-bond acceptors (Lipinski definition) is 8. The Kier molecular flexibility index (Phi) is 6.60. The maximum atomic E-state index is 11.2. The molecule has 0 radical (unpaired) electrons. The first-order valence-electron chi connectivity index (χ1n) is 6.07. The summed E-state index contributed by atoms with van der Waals surface area (Å²) in [6.07, 6.45) is 1.27. The second-order valence-corrected chi connectivity index (χ2v) is 4.10. The van der Waals surface area contributed by atoms with Crippen LogP contribution < -0.4 is 10.6 Å². The third kappa shape index (κ3) is 4.59. The van der Waals surface area contributed by atoms with Crippen molar-refractivity contribution in [1.82, 2.24) is 9.97 Å². The van der Waals surface area contributed by atoms with Crippen molar-refractivity contribution in [2.45, 2.75) is 13.0 Å². The Bertz CT molecular complexity index is 443. The number of nitro groups is 1. The molecule has 1 aromatic heterocycles. The summed E-state index contributed by atoms with van der Waals surface area (Å²) < 4.78 is 9.86. The molecule has 2 N–H and O–H groups in total. The van der Waals surface area contributed by atoms with Gasteiger partial charge in [0.05, 0.1) is 18.1 Å². The van der Waals surface area contributed by atoms with Gasteiger partial charge in [0.1, 0.15) is 6.33 Å². The third-order valence-corrected chi connectivity index (χ3v) is 2.40. The first kappa shape index (κ1) is 16.1. The fourth-order valence-electron chi connectivity index (χ4n) is 1.58. The molecule has 112 valence electrons. The molecular formula is C11H19N5O4. The molecule has 1 heterocycles. The maximum absolute atomic E-state index is 11.2. The summed E-state index contributed by atoms with van der Waals surface area (Å²) >= 11 is 0. The van der Waals surface area contributed by atoms with Gasteiger partial charge in [-0.3, -0.25) is 10.1 Å². The molecule has 0 saturated carbocycles. The van der Waals surface area contributed by atoms with Gasteiger partial charge in [0.15, 0.2) is 0 Å². The van der Waals surface area contributed by atoms with Crippen LogP contribution in [0.1, 0.15) is 6.92 Å². The number of nitrogens with one attached hydrogen (secondary N) is 2. The molecular weight excluding hydrogens is 266 g/mol. The summed E-state index contributed by atoms with van der Waals surface area (Å²) in [7, 11) is 3.11. The number of anilines is 2. The van der Waals surface area contributed by atoms with Crippen molar-refractivity contribution in [3.8, 4) is 0 Å². The summed E-state index contributed by atoms with van der Waals surface area (Å²) in [4.78, 5) is 18.5. The highest BCUT2D eigenvalue weighted by atomic mass is 16.6. The zero-order valence-corrected chi connectivity index (χ0v) is 11.8. The lowest BCUT2D eigenvalue weighted by molar-refractivity contribution is -0.383. The first-order chi connectivity index (χ1) is 9.60. The van der Waals surface area contributed by atoms with Crippen molar-refractivity contribution in [2.75, 3.05) is 44.6 Å². The molecule has 1 atom stereocenters. The van der Waals surface area contributed by atoms with Gasteiger partial charge in [-0.2, -0.15) is 0 Å². The second kappa shape index (κ2) is 8.23. The largest absolute Gasteiger partial charge is 0.383 e. The molecule has 0 amide bonds. The van der Waals surface area contributed by atoms with Crippen molar-refractivity contribution in [3.63, 3.8) is 0 Å². The molecule has 0 spiro atoms. The number of hydrogen-bond donors (Lipinski definition) is 2. The van der Waals surface area contributed by atoms with E-state index >= 15 is 0 Å². The quantitative estimate of drug-likeness (QED) is 0.391. The van der Waals surface area contributed by atoms with E-state index in [2.05, 4.69) is 20.6 Å². The third-order valence-electron chi connectivity index (χ3n) is 2.40. The van der Waals surface area contributed by atoms with Gasteiger partial charge >= 0.3 is 5.69 Å². The number of nitrogens with zero attached hydrogens (tertiary/aromatic N) is 3. The van der Waals surface area contributed by atoms with Crippen LogP contribution in [0.5, 0.6) is 0 Å². The van der Waals surface area contributed by atoms with Gasteiger partial charge in [0.25, 0.3) is 0 Å². The van der Waals surface area contributed by atoms with E-state index in [9.17, 15) is 10.1 Å². The average molecular weight is 285 g/mol. The van der Waals surface area contributed by atoms with E-state index in [0.29, 0.717) is 19.8 Å². The van der Waals surface area contributed by atoms with Crippen LogP contribution in [-0.4, -0.2) is 54.9 Å². The Morgan fingerprint density at radius 2 is 2.05 bits per heavy atom. The predicted molar refractivity (Wildman–Crippen MR) is 74.0 cm³/mol. The van der Waals surface area contributed by atoms with Gasteiger partial charge in [0, 0.05) is 26.8 Å². The lowest BCUT2D eigenvalue weighted by Gasteiger charge is -2.14. The topological polar surface area (TPSA) is 111 Å². The lowest BCUT2D eigenvalue weighted by atomic mass is 10.3. The SMILES string of the molecule is COCCNc1ncnc(NC(C)COC)c1[N+](=O)[O-]. The van der Waals surface area contributed by atoms with Crippen LogP contribution >= 0.6 is 0 Å². The summed E-state index contributed by atoms with van der Waals surface area (Å²) in [6.45, 7) is 3.09. The standard InChI is InChI=1S/C11H19N5O4/c1-8(6-20-3)15-11-9(16(17)18)10(13-7-14-11)12-4-5-19-2/h7-8H,4-6H2,1-3H3,(H2,12,13,14,15). The van der Waals surface area contributed by atoms with Crippen LogP contribution in [0.4, 0.5) is 17.3 Å². The Morgan fingerprint density at radius 3 is 2.65 bits per heavy atom. The monoisotopic (exact) mass is 285 g/mol. The van der Waals surface area contributed by atoms with E-state index in [1.165, 1.54) is 6.33 Å². The van der Waals surface area contributed by atoms with Gasteiger partial charge in [-0.05, 0) is 6.92 Å². The van der Waals surface area contributed by atoms with E-state index in [0.717, 1.165) is 0 Å². The molecule has 0 aliphatic carbocycles. The van der Waals surface area contributed by atoms with Crippen molar-refractivity contribution in [1.29, 1.82) is 0 Å². The van der Waals surface area contributed by atoms with Crippen LogP contribution in [0.15, 0.2) is 6.33 Å². The van der Waals surface area contributed by atoms with E-state index in [1.54, 1.807) is 14.2 Å². The van der Waals surface area contributed by atoms with Crippen LogP contribution in [0.25, 0.3) is 0 Å². The Balaban J connectivity index is 2.93. The highest BCUT2D eigenvalue weighted by molar-refractivity contribution is 5.69. The molecule has 1 unspecified atom stereocenters. The van der Waals surface area contributed by atoms with Gasteiger partial charge < -0.3 is 20.1 Å². The predicted octanol–water partition coefficient (Wildman–Crippen LogP) is 0.890. The summed E-state index contributed by atoms with van der Waals surface area (Å²) in [6, 6.07) is -0.111. The molecule has 1 aromatic rings. The minimum absolute atomic E-state index is 0.111. The maximum Gasteiger partial charge on any atom is 0.353 e. The molecule has 0 fully saturated rings. The fourth-order valence-corrected chi connectivity index (χ4v) is 1.58. The smallest absolute Gasteiger partial charge is 0.353 e. The van der Waals surface area contributed by atoms with Crippen molar-refractivity contribution in [3.05, 3.63) is 16.4 Å². The fraction of sp³-hybridized carbons (Fsp3) is 0.636. The molecule has 20 heavy (non-hydrogen) atoms. The zero-order valence-electron chi connectivity index (χ0n) is 11.8. The summed E-state index contributed by atoms with van der Waals surface area (Å²) in [5.74, 6) is 0.323. The van der Waals surface area contributed by atoms with Crippen LogP contribution in [0, 0.1) is 10.1 Å². The van der Waals surface area contributed by atoms with Gasteiger partial charge in [-0.15, -0.1) is 0 Å². The molecule has 0 saturated heterocycles. The van der Waals surface area contributed by atoms with Gasteiger partial charge in [-0.1, -0.05) is 0 Å². The first-order valence-corrected chi connectivity index (χ1v) is 6.07. The number of aromatic nitrogens is 2. The molecule has 0 aliphatic heterocycles. The van der Waals surface area contributed by atoms with Crippen LogP contribution in [0.3, 0.4) is 0 Å². The lowest BCUT2D eigenvalue weighted by Crippen LogP contribution is -2.22. The molecule has 0 bridgehead atoms. The van der Waals surface area contributed by atoms with Gasteiger partial charge in [0.2, 0.25) is 11.6 Å². The number of rotatable bonds is 9. The Labute approximate surface area is 116 Å². The molecule has 1 rings (SSSR count).